The van der Waals surface area contributed by atoms with Gasteiger partial charge in [0.15, 0.2) is 0 Å². The van der Waals surface area contributed by atoms with Crippen LogP contribution in [0.3, 0.4) is 0 Å². The van der Waals surface area contributed by atoms with Crippen LogP contribution in [0.2, 0.25) is 0 Å². The lowest BCUT2D eigenvalue weighted by Crippen LogP contribution is -2.45. The Hall–Kier alpha value is -3.52. The SMILES string of the molecule is CCN1CCC[C@H]1CN(Cc1cc2cc(OC)ccc2[nH]c1=O)C(=O)Nc1ccc(OC)cc1. The zero-order chi connectivity index (χ0) is 24.1. The number of ether oxygens (including phenoxy) is 2. The highest BCUT2D eigenvalue weighted by Crippen LogP contribution is 2.22. The third-order valence-corrected chi connectivity index (χ3v) is 6.45. The zero-order valence-electron chi connectivity index (χ0n) is 20.0. The largest absolute Gasteiger partial charge is 0.497 e. The van der Waals surface area contributed by atoms with Crippen molar-refractivity contribution in [1.29, 1.82) is 0 Å². The predicted octanol–water partition coefficient (Wildman–Crippen LogP) is 4.06. The molecular weight excluding hydrogens is 432 g/mol. The van der Waals surface area contributed by atoms with Crippen molar-refractivity contribution in [3.8, 4) is 11.5 Å². The van der Waals surface area contributed by atoms with Gasteiger partial charge in [-0.3, -0.25) is 9.69 Å². The van der Waals surface area contributed by atoms with Crippen molar-refractivity contribution in [1.82, 2.24) is 14.8 Å². The molecular formula is C26H32N4O4. The lowest BCUT2D eigenvalue weighted by molar-refractivity contribution is 0.174. The normalized spacial score (nSPS) is 15.9. The van der Waals surface area contributed by atoms with E-state index in [2.05, 4.69) is 22.1 Å². The maximum atomic E-state index is 13.4. The average molecular weight is 465 g/mol. The molecule has 1 aromatic heterocycles. The number of hydrogen-bond donors (Lipinski definition) is 2. The number of rotatable bonds is 8. The van der Waals surface area contributed by atoms with E-state index >= 15 is 0 Å². The maximum Gasteiger partial charge on any atom is 0.322 e. The summed E-state index contributed by atoms with van der Waals surface area (Å²) in [5, 5.41) is 3.84. The number of hydrogen-bond acceptors (Lipinski definition) is 5. The summed E-state index contributed by atoms with van der Waals surface area (Å²) < 4.78 is 10.5. The van der Waals surface area contributed by atoms with Crippen LogP contribution in [0.1, 0.15) is 25.3 Å². The van der Waals surface area contributed by atoms with Gasteiger partial charge in [-0.05, 0) is 74.5 Å². The molecule has 2 aromatic carbocycles. The molecule has 1 aliphatic rings. The van der Waals surface area contributed by atoms with Gasteiger partial charge >= 0.3 is 6.03 Å². The predicted molar refractivity (Wildman–Crippen MR) is 134 cm³/mol. The van der Waals surface area contributed by atoms with Gasteiger partial charge in [-0.15, -0.1) is 0 Å². The molecule has 0 radical (unpaired) electrons. The van der Waals surface area contributed by atoms with Crippen molar-refractivity contribution in [2.75, 3.05) is 39.2 Å². The van der Waals surface area contributed by atoms with E-state index in [1.165, 1.54) is 0 Å². The van der Waals surface area contributed by atoms with Crippen LogP contribution in [0.15, 0.2) is 53.3 Å². The Labute approximate surface area is 199 Å². The fourth-order valence-electron chi connectivity index (χ4n) is 4.55. The number of urea groups is 1. The summed E-state index contributed by atoms with van der Waals surface area (Å²) in [6, 6.07) is 14.6. The maximum absolute atomic E-state index is 13.4. The molecule has 4 rings (SSSR count). The second-order valence-corrected chi connectivity index (χ2v) is 8.54. The molecule has 3 aromatic rings. The van der Waals surface area contributed by atoms with E-state index in [9.17, 15) is 9.59 Å². The minimum Gasteiger partial charge on any atom is -0.497 e. The Morgan fingerprint density at radius 1 is 1.12 bits per heavy atom. The molecule has 8 heteroatoms. The van der Waals surface area contributed by atoms with Gasteiger partial charge in [-0.1, -0.05) is 6.92 Å². The van der Waals surface area contributed by atoms with Gasteiger partial charge in [-0.25, -0.2) is 4.79 Å². The molecule has 2 heterocycles. The molecule has 1 aliphatic heterocycles. The standard InChI is InChI=1S/C26H32N4O4/c1-4-29-13-5-6-21(29)17-30(26(32)27-20-7-9-22(33-2)10-8-20)16-19-14-18-15-23(34-3)11-12-24(18)28-25(19)31/h7-12,14-15,21H,4-6,13,16-17H2,1-3H3,(H,27,32)(H,28,31)/t21-/m0/s1. The summed E-state index contributed by atoms with van der Waals surface area (Å²) in [5.41, 5.74) is 1.74. The van der Waals surface area contributed by atoms with Gasteiger partial charge in [0.2, 0.25) is 0 Å². The lowest BCUT2D eigenvalue weighted by atomic mass is 10.1. The first-order chi connectivity index (χ1) is 16.5. The number of nitrogens with one attached hydrogen (secondary N) is 2. The Morgan fingerprint density at radius 2 is 1.85 bits per heavy atom. The molecule has 0 spiro atoms. The van der Waals surface area contributed by atoms with Crippen LogP contribution in [0, 0.1) is 0 Å². The number of aromatic nitrogens is 1. The van der Waals surface area contributed by atoms with Crippen molar-refractivity contribution in [2.45, 2.75) is 32.4 Å². The molecule has 0 saturated carbocycles. The summed E-state index contributed by atoms with van der Waals surface area (Å²) in [5.74, 6) is 1.43. The van der Waals surface area contributed by atoms with Crippen LogP contribution in [-0.4, -0.2) is 60.7 Å². The Morgan fingerprint density at radius 3 is 2.56 bits per heavy atom. The van der Waals surface area contributed by atoms with Crippen molar-refractivity contribution >= 4 is 22.6 Å². The van der Waals surface area contributed by atoms with Gasteiger partial charge in [0.25, 0.3) is 5.56 Å². The molecule has 34 heavy (non-hydrogen) atoms. The molecule has 0 bridgehead atoms. The zero-order valence-corrected chi connectivity index (χ0v) is 20.0. The monoisotopic (exact) mass is 464 g/mol. The number of likely N-dealkylation sites (tertiary alicyclic amines) is 1. The summed E-state index contributed by atoms with van der Waals surface area (Å²) in [4.78, 5) is 33.3. The first-order valence-electron chi connectivity index (χ1n) is 11.6. The molecule has 2 amide bonds. The molecule has 8 nitrogen and oxygen atoms in total. The number of anilines is 1. The Bertz CT molecular complexity index is 1190. The highest BCUT2D eigenvalue weighted by Gasteiger charge is 2.28. The third kappa shape index (κ3) is 5.34. The van der Waals surface area contributed by atoms with Gasteiger partial charge in [-0.2, -0.15) is 0 Å². The second kappa shape index (κ2) is 10.6. The van der Waals surface area contributed by atoms with Crippen molar-refractivity contribution in [3.63, 3.8) is 0 Å². The number of likely N-dealkylation sites (N-methyl/N-ethyl adjacent to an activating group) is 1. The van der Waals surface area contributed by atoms with Crippen LogP contribution in [0.5, 0.6) is 11.5 Å². The fraction of sp³-hybridized carbons (Fsp3) is 0.385. The van der Waals surface area contributed by atoms with Gasteiger partial charge in [0, 0.05) is 34.7 Å². The number of benzene rings is 2. The minimum atomic E-state index is -0.238. The average Bonchev–Trinajstić information content (AvgIpc) is 3.31. The van der Waals surface area contributed by atoms with E-state index < -0.39 is 0 Å². The summed E-state index contributed by atoms with van der Waals surface area (Å²) in [7, 11) is 3.22. The molecule has 1 atom stereocenters. The molecule has 1 fully saturated rings. The van der Waals surface area contributed by atoms with E-state index in [-0.39, 0.29) is 24.2 Å². The first-order valence-corrected chi connectivity index (χ1v) is 11.6. The number of nitrogens with zero attached hydrogens (tertiary/aromatic N) is 2. The first kappa shape index (κ1) is 23.6. The summed E-state index contributed by atoms with van der Waals surface area (Å²) >= 11 is 0. The van der Waals surface area contributed by atoms with Crippen molar-refractivity contribution in [3.05, 3.63) is 64.4 Å². The molecule has 180 valence electrons. The van der Waals surface area contributed by atoms with Crippen molar-refractivity contribution < 1.29 is 14.3 Å². The second-order valence-electron chi connectivity index (χ2n) is 8.54. The smallest absolute Gasteiger partial charge is 0.322 e. The number of carbonyl (C=O) groups excluding carboxylic acids is 1. The van der Waals surface area contributed by atoms with Gasteiger partial charge < -0.3 is 24.7 Å². The highest BCUT2D eigenvalue weighted by atomic mass is 16.5. The molecule has 0 unspecified atom stereocenters. The number of H-pyrrole nitrogens is 1. The van der Waals surface area contributed by atoms with E-state index in [0.717, 1.165) is 42.6 Å². The van der Waals surface area contributed by atoms with Crippen LogP contribution in [0.4, 0.5) is 10.5 Å². The van der Waals surface area contributed by atoms with Crippen molar-refractivity contribution in [2.24, 2.45) is 0 Å². The number of aromatic amines is 1. The topological polar surface area (TPSA) is 86.9 Å². The van der Waals surface area contributed by atoms with E-state index in [0.29, 0.717) is 23.5 Å². The minimum absolute atomic E-state index is 0.196. The quantitative estimate of drug-likeness (QED) is 0.525. The lowest BCUT2D eigenvalue weighted by Gasteiger charge is -2.30. The van der Waals surface area contributed by atoms with E-state index in [4.69, 9.17) is 9.47 Å². The molecule has 0 aliphatic carbocycles. The number of carbonyl (C=O) groups is 1. The molecule has 1 saturated heterocycles. The number of fused-ring (bicyclic) bond motifs is 1. The fourth-order valence-corrected chi connectivity index (χ4v) is 4.55. The number of pyridine rings is 1. The van der Waals surface area contributed by atoms with Gasteiger partial charge in [0.1, 0.15) is 11.5 Å². The van der Waals surface area contributed by atoms with E-state index in [1.54, 1.807) is 43.4 Å². The van der Waals surface area contributed by atoms with Crippen LogP contribution >= 0.6 is 0 Å². The Kier molecular flexibility index (Phi) is 7.37. The summed E-state index contributed by atoms with van der Waals surface area (Å²) in [6.07, 6.45) is 2.15. The van der Waals surface area contributed by atoms with Crippen LogP contribution in [0.25, 0.3) is 10.9 Å². The Balaban J connectivity index is 1.61. The highest BCUT2D eigenvalue weighted by molar-refractivity contribution is 5.89. The third-order valence-electron chi connectivity index (χ3n) is 6.45. The van der Waals surface area contributed by atoms with Crippen LogP contribution in [-0.2, 0) is 6.54 Å². The summed E-state index contributed by atoms with van der Waals surface area (Å²) in [6.45, 7) is 4.87. The molecule has 2 N–H and O–H groups in total. The van der Waals surface area contributed by atoms with Crippen LogP contribution < -0.4 is 20.3 Å². The van der Waals surface area contributed by atoms with E-state index in [1.807, 2.05) is 24.3 Å². The number of amides is 2. The van der Waals surface area contributed by atoms with Gasteiger partial charge in [0.05, 0.1) is 20.8 Å². The number of methoxy groups -OCH3 is 2.